The Kier molecular flexibility index (Phi) is 8.10. The number of methoxy groups -OCH3 is 1. The van der Waals surface area contributed by atoms with E-state index in [2.05, 4.69) is 4.98 Å². The van der Waals surface area contributed by atoms with Crippen LogP contribution in [0.15, 0.2) is 42.5 Å². The second-order valence-electron chi connectivity index (χ2n) is 6.72. The van der Waals surface area contributed by atoms with Crippen LogP contribution in [-0.4, -0.2) is 55.0 Å². The number of nitrogens with zero attached hydrogens (tertiary/aromatic N) is 4. The van der Waals surface area contributed by atoms with E-state index in [9.17, 15) is 14.9 Å². The molecule has 1 aromatic heterocycles. The first-order chi connectivity index (χ1) is 13.9. The van der Waals surface area contributed by atoms with Crippen LogP contribution >= 0.6 is 23.7 Å². The van der Waals surface area contributed by atoms with Gasteiger partial charge in [-0.05, 0) is 45.3 Å². The first kappa shape index (κ1) is 23.5. The normalized spacial score (nSPS) is 10.7. The van der Waals surface area contributed by atoms with Gasteiger partial charge in [-0.25, -0.2) is 4.98 Å². The molecule has 0 saturated carbocycles. The van der Waals surface area contributed by atoms with E-state index in [1.165, 1.54) is 29.5 Å². The van der Waals surface area contributed by atoms with Gasteiger partial charge in [0.1, 0.15) is 11.3 Å². The highest BCUT2D eigenvalue weighted by molar-refractivity contribution is 7.22. The number of hydrogen-bond acceptors (Lipinski definition) is 7. The fourth-order valence-corrected chi connectivity index (χ4v) is 3.94. The van der Waals surface area contributed by atoms with Crippen LogP contribution in [0.4, 0.5) is 10.8 Å². The number of anilines is 1. The standard InChI is InChI=1S/C20H22N4O4S.ClH/c1-22(2)11-6-12-23(19(25)14-7-4-8-15(13-14)24(26)27)20-21-18-16(28-3)9-5-10-17(18)29-20;/h4-5,7-10,13H,6,11-12H2,1-3H3;1H. The van der Waals surface area contributed by atoms with Gasteiger partial charge in [0.05, 0.1) is 16.7 Å². The lowest BCUT2D eigenvalue weighted by atomic mass is 10.1. The number of nitro benzene ring substituents is 1. The summed E-state index contributed by atoms with van der Waals surface area (Å²) in [5.74, 6) is 0.325. The molecule has 1 amide bonds. The van der Waals surface area contributed by atoms with Crippen LogP contribution in [-0.2, 0) is 0 Å². The zero-order valence-corrected chi connectivity index (χ0v) is 18.5. The van der Waals surface area contributed by atoms with Crippen LogP contribution in [0.2, 0.25) is 0 Å². The second-order valence-corrected chi connectivity index (χ2v) is 7.73. The van der Waals surface area contributed by atoms with Gasteiger partial charge in [0.15, 0.2) is 5.13 Å². The van der Waals surface area contributed by atoms with E-state index < -0.39 is 4.92 Å². The van der Waals surface area contributed by atoms with Gasteiger partial charge in [0.25, 0.3) is 11.6 Å². The molecule has 10 heteroatoms. The molecule has 2 aromatic carbocycles. The summed E-state index contributed by atoms with van der Waals surface area (Å²) in [6.07, 6.45) is 0.737. The fourth-order valence-electron chi connectivity index (χ4n) is 2.93. The number of ether oxygens (including phenoxy) is 1. The molecular weight excluding hydrogens is 428 g/mol. The Bertz CT molecular complexity index is 1040. The Morgan fingerprint density at radius 3 is 2.60 bits per heavy atom. The minimum absolute atomic E-state index is 0. The van der Waals surface area contributed by atoms with Crippen molar-refractivity contribution >= 4 is 50.7 Å². The first-order valence-electron chi connectivity index (χ1n) is 9.05. The number of amides is 1. The SMILES string of the molecule is COc1cccc2sc(N(CCCN(C)C)C(=O)c3cccc([N+](=O)[O-])c3)nc12.Cl. The molecule has 0 aliphatic carbocycles. The summed E-state index contributed by atoms with van der Waals surface area (Å²) in [6.45, 7) is 1.24. The van der Waals surface area contributed by atoms with E-state index in [4.69, 9.17) is 4.74 Å². The van der Waals surface area contributed by atoms with Crippen LogP contribution in [0, 0.1) is 10.1 Å². The van der Waals surface area contributed by atoms with E-state index >= 15 is 0 Å². The number of benzene rings is 2. The molecule has 3 rings (SSSR count). The Morgan fingerprint density at radius 2 is 1.93 bits per heavy atom. The van der Waals surface area contributed by atoms with Gasteiger partial charge in [0.2, 0.25) is 0 Å². The maximum Gasteiger partial charge on any atom is 0.270 e. The summed E-state index contributed by atoms with van der Waals surface area (Å²) in [4.78, 5) is 32.1. The summed E-state index contributed by atoms with van der Waals surface area (Å²) in [6, 6.07) is 11.4. The minimum atomic E-state index is -0.504. The third kappa shape index (κ3) is 5.24. The van der Waals surface area contributed by atoms with Gasteiger partial charge in [0, 0.05) is 24.2 Å². The Morgan fingerprint density at radius 1 is 1.20 bits per heavy atom. The molecule has 30 heavy (non-hydrogen) atoms. The molecule has 0 aliphatic rings. The Hall–Kier alpha value is -2.75. The Labute approximate surface area is 184 Å². The number of hydrogen-bond donors (Lipinski definition) is 0. The highest BCUT2D eigenvalue weighted by Crippen LogP contribution is 2.34. The molecule has 0 spiro atoms. The number of fused-ring (bicyclic) bond motifs is 1. The van der Waals surface area contributed by atoms with Crippen LogP contribution in [0.1, 0.15) is 16.8 Å². The van der Waals surface area contributed by atoms with E-state index in [1.54, 1.807) is 18.1 Å². The van der Waals surface area contributed by atoms with E-state index in [0.717, 1.165) is 17.7 Å². The number of halogens is 1. The smallest absolute Gasteiger partial charge is 0.270 e. The topological polar surface area (TPSA) is 88.8 Å². The van der Waals surface area contributed by atoms with E-state index in [0.29, 0.717) is 22.9 Å². The molecule has 160 valence electrons. The third-order valence-corrected chi connectivity index (χ3v) is 5.40. The molecule has 0 bridgehead atoms. The number of carbonyl (C=O) groups is 1. The third-order valence-electron chi connectivity index (χ3n) is 4.36. The van der Waals surface area contributed by atoms with E-state index in [-0.39, 0.29) is 29.6 Å². The summed E-state index contributed by atoms with van der Waals surface area (Å²) >= 11 is 1.39. The van der Waals surface area contributed by atoms with Crippen molar-refractivity contribution in [3.05, 3.63) is 58.1 Å². The van der Waals surface area contributed by atoms with Crippen LogP contribution < -0.4 is 9.64 Å². The molecule has 1 heterocycles. The van der Waals surface area contributed by atoms with Crippen molar-refractivity contribution in [2.24, 2.45) is 0 Å². The lowest BCUT2D eigenvalue weighted by Crippen LogP contribution is -2.33. The van der Waals surface area contributed by atoms with Gasteiger partial charge in [-0.1, -0.05) is 23.5 Å². The van der Waals surface area contributed by atoms with Gasteiger partial charge in [-0.3, -0.25) is 19.8 Å². The first-order valence-corrected chi connectivity index (χ1v) is 9.87. The fraction of sp³-hybridized carbons (Fsp3) is 0.300. The number of para-hydroxylation sites is 1. The zero-order valence-electron chi connectivity index (χ0n) is 16.9. The van der Waals surface area contributed by atoms with Crippen molar-refractivity contribution in [2.45, 2.75) is 6.42 Å². The summed E-state index contributed by atoms with van der Waals surface area (Å²) in [5.41, 5.74) is 0.838. The van der Waals surface area contributed by atoms with Gasteiger partial charge < -0.3 is 9.64 Å². The molecule has 3 aromatic rings. The second kappa shape index (κ2) is 10.3. The Balaban J connectivity index is 0.00000320. The highest BCUT2D eigenvalue weighted by Gasteiger charge is 2.23. The van der Waals surface area contributed by atoms with Crippen molar-refractivity contribution in [1.82, 2.24) is 9.88 Å². The van der Waals surface area contributed by atoms with Crippen LogP contribution in [0.3, 0.4) is 0 Å². The van der Waals surface area contributed by atoms with Crippen LogP contribution in [0.25, 0.3) is 10.2 Å². The lowest BCUT2D eigenvalue weighted by Gasteiger charge is -2.21. The monoisotopic (exact) mass is 450 g/mol. The minimum Gasteiger partial charge on any atom is -0.494 e. The molecule has 0 saturated heterocycles. The highest BCUT2D eigenvalue weighted by atomic mass is 35.5. The molecule has 8 nitrogen and oxygen atoms in total. The maximum absolute atomic E-state index is 13.3. The maximum atomic E-state index is 13.3. The van der Waals surface area contributed by atoms with Gasteiger partial charge >= 0.3 is 0 Å². The predicted molar refractivity (Wildman–Crippen MR) is 121 cm³/mol. The zero-order chi connectivity index (χ0) is 21.0. The number of non-ortho nitro benzene ring substituents is 1. The number of nitro groups is 1. The summed E-state index contributed by atoms with van der Waals surface area (Å²) in [5, 5.41) is 11.6. The van der Waals surface area contributed by atoms with Crippen molar-refractivity contribution in [2.75, 3.05) is 39.2 Å². The molecule has 0 aliphatic heterocycles. The predicted octanol–water partition coefficient (Wildman–Crippen LogP) is 4.23. The molecule has 0 N–H and O–H groups in total. The average molecular weight is 451 g/mol. The summed E-state index contributed by atoms with van der Waals surface area (Å²) in [7, 11) is 5.52. The van der Waals surface area contributed by atoms with Crippen molar-refractivity contribution in [3.63, 3.8) is 0 Å². The van der Waals surface area contributed by atoms with Crippen molar-refractivity contribution in [3.8, 4) is 5.75 Å². The molecule has 0 fully saturated rings. The molecular formula is C20H23ClN4O4S. The lowest BCUT2D eigenvalue weighted by molar-refractivity contribution is -0.384. The van der Waals surface area contributed by atoms with Crippen molar-refractivity contribution in [1.29, 1.82) is 0 Å². The molecule has 0 atom stereocenters. The number of rotatable bonds is 8. The van der Waals surface area contributed by atoms with Gasteiger partial charge in [-0.2, -0.15) is 0 Å². The molecule has 0 radical (unpaired) electrons. The van der Waals surface area contributed by atoms with Gasteiger partial charge in [-0.15, -0.1) is 12.4 Å². The molecule has 0 unspecified atom stereocenters. The number of thiazole rings is 1. The van der Waals surface area contributed by atoms with E-state index in [1.807, 2.05) is 37.2 Å². The van der Waals surface area contributed by atoms with Crippen molar-refractivity contribution < 1.29 is 14.5 Å². The van der Waals surface area contributed by atoms with Crippen LogP contribution in [0.5, 0.6) is 5.75 Å². The average Bonchev–Trinajstić information content (AvgIpc) is 3.14. The number of aromatic nitrogens is 1. The summed E-state index contributed by atoms with van der Waals surface area (Å²) < 4.78 is 6.29. The largest absolute Gasteiger partial charge is 0.494 e. The number of carbonyl (C=O) groups excluding carboxylic acids is 1. The quantitative estimate of drug-likeness (QED) is 0.377.